The lowest BCUT2D eigenvalue weighted by Gasteiger charge is -2.19. The minimum atomic E-state index is 0.469. The highest BCUT2D eigenvalue weighted by molar-refractivity contribution is 5.94. The monoisotopic (exact) mass is 439 g/mol. The van der Waals surface area contributed by atoms with Crippen LogP contribution in [0.2, 0.25) is 0 Å². The first-order chi connectivity index (χ1) is 16.1. The van der Waals surface area contributed by atoms with E-state index in [0.717, 1.165) is 53.9 Å². The van der Waals surface area contributed by atoms with Gasteiger partial charge in [0.25, 0.3) is 0 Å². The molecule has 1 saturated heterocycles. The molecule has 1 fully saturated rings. The number of nitrogens with one attached hydrogen (secondary N) is 1. The fraction of sp³-hybridized carbons (Fsp3) is 0.296. The molecule has 168 valence electrons. The van der Waals surface area contributed by atoms with Crippen LogP contribution in [0.25, 0.3) is 22.0 Å². The quantitative estimate of drug-likeness (QED) is 0.439. The second-order valence-corrected chi connectivity index (χ2v) is 8.96. The Bertz CT molecular complexity index is 1280. The van der Waals surface area contributed by atoms with Gasteiger partial charge in [0, 0.05) is 59.9 Å². The van der Waals surface area contributed by atoms with Crippen molar-refractivity contribution < 1.29 is 4.74 Å². The van der Waals surface area contributed by atoms with Gasteiger partial charge in [-0.15, -0.1) is 0 Å². The second-order valence-electron chi connectivity index (χ2n) is 8.96. The summed E-state index contributed by atoms with van der Waals surface area (Å²) in [5, 5.41) is 4.44. The first-order valence-corrected chi connectivity index (χ1v) is 11.4. The van der Waals surface area contributed by atoms with E-state index in [9.17, 15) is 0 Å². The van der Waals surface area contributed by atoms with Gasteiger partial charge in [-0.3, -0.25) is 4.98 Å². The van der Waals surface area contributed by atoms with Crippen molar-refractivity contribution in [2.24, 2.45) is 0 Å². The molecular weight excluding hydrogens is 410 g/mol. The normalized spacial score (nSPS) is 15.9. The number of aryl methyl sites for hydroxylation is 1. The van der Waals surface area contributed by atoms with Crippen molar-refractivity contribution >= 4 is 22.5 Å². The van der Waals surface area contributed by atoms with Crippen molar-refractivity contribution in [2.75, 3.05) is 32.6 Å². The van der Waals surface area contributed by atoms with Crippen molar-refractivity contribution in [3.63, 3.8) is 0 Å². The van der Waals surface area contributed by atoms with Gasteiger partial charge < -0.3 is 15.0 Å². The summed E-state index contributed by atoms with van der Waals surface area (Å²) in [5.41, 5.74) is 7.92. The van der Waals surface area contributed by atoms with Gasteiger partial charge in [0.15, 0.2) is 0 Å². The Labute approximate surface area is 194 Å². The van der Waals surface area contributed by atoms with Crippen LogP contribution in [0, 0.1) is 6.92 Å². The zero-order valence-corrected chi connectivity index (χ0v) is 19.4. The van der Waals surface area contributed by atoms with Crippen molar-refractivity contribution in [3.05, 3.63) is 77.7 Å². The maximum Gasteiger partial charge on any atom is 0.227 e. The molecule has 1 aliphatic rings. The highest BCUT2D eigenvalue weighted by Gasteiger charge is 2.21. The number of nitrogens with zero attached hydrogens (tertiary/aromatic N) is 4. The van der Waals surface area contributed by atoms with Crippen LogP contribution < -0.4 is 5.32 Å². The predicted octanol–water partition coefficient (Wildman–Crippen LogP) is 5.31. The van der Waals surface area contributed by atoms with Crippen LogP contribution >= 0.6 is 0 Å². The summed E-state index contributed by atoms with van der Waals surface area (Å²) < 4.78 is 5.64. The number of rotatable bonds is 6. The Balaban J connectivity index is 1.50. The highest BCUT2D eigenvalue weighted by Crippen LogP contribution is 2.32. The molecule has 2 aromatic carbocycles. The summed E-state index contributed by atoms with van der Waals surface area (Å²) in [5.74, 6) is 1.06. The van der Waals surface area contributed by atoms with Crippen LogP contribution in [-0.2, 0) is 11.3 Å². The summed E-state index contributed by atoms with van der Waals surface area (Å²) in [6.45, 7) is 4.62. The number of pyridine rings is 1. The molecule has 33 heavy (non-hydrogen) atoms. The molecule has 1 unspecified atom stereocenters. The van der Waals surface area contributed by atoms with Crippen molar-refractivity contribution in [2.45, 2.75) is 25.8 Å². The smallest absolute Gasteiger partial charge is 0.227 e. The molecule has 4 aromatic rings. The van der Waals surface area contributed by atoms with Crippen LogP contribution in [0.15, 0.2) is 61.1 Å². The molecule has 2 aromatic heterocycles. The number of fused-ring (bicyclic) bond motifs is 1. The van der Waals surface area contributed by atoms with E-state index in [4.69, 9.17) is 9.72 Å². The molecule has 6 nitrogen and oxygen atoms in total. The molecule has 0 spiro atoms. The number of aromatic nitrogens is 3. The van der Waals surface area contributed by atoms with Crippen LogP contribution in [0.1, 0.15) is 29.0 Å². The van der Waals surface area contributed by atoms with Crippen molar-refractivity contribution in [1.82, 2.24) is 19.9 Å². The fourth-order valence-corrected chi connectivity index (χ4v) is 4.55. The number of para-hydroxylation sites is 1. The maximum atomic E-state index is 5.64. The van der Waals surface area contributed by atoms with Gasteiger partial charge in [-0.25, -0.2) is 9.97 Å². The first kappa shape index (κ1) is 21.5. The van der Waals surface area contributed by atoms with E-state index in [2.05, 4.69) is 65.5 Å². The zero-order chi connectivity index (χ0) is 22.8. The minimum Gasteiger partial charge on any atom is -0.381 e. The lowest BCUT2D eigenvalue weighted by atomic mass is 9.93. The average Bonchev–Trinajstić information content (AvgIpc) is 3.34. The Hall–Kier alpha value is -3.35. The van der Waals surface area contributed by atoms with E-state index in [1.54, 1.807) is 0 Å². The Morgan fingerprint density at radius 2 is 2.00 bits per heavy atom. The van der Waals surface area contributed by atoms with E-state index >= 15 is 0 Å². The van der Waals surface area contributed by atoms with Crippen LogP contribution in [0.5, 0.6) is 0 Å². The minimum absolute atomic E-state index is 0.469. The fourth-order valence-electron chi connectivity index (χ4n) is 4.55. The standard InChI is InChI=1S/C27H29N5O/c1-18-9-11-28-15-25(18)24-6-4-5-19-14-29-27(31-26(19)24)30-22-7-8-23(20-10-12-33-17-20)21(13-22)16-32(2)3/h4-9,11,13-15,20H,10,12,16-17H2,1-3H3,(H,29,30,31). The number of hydrogen-bond donors (Lipinski definition) is 1. The second kappa shape index (κ2) is 9.25. The van der Waals surface area contributed by atoms with E-state index < -0.39 is 0 Å². The van der Waals surface area contributed by atoms with Crippen molar-refractivity contribution in [3.8, 4) is 11.1 Å². The largest absolute Gasteiger partial charge is 0.381 e. The lowest BCUT2D eigenvalue weighted by molar-refractivity contribution is 0.193. The molecule has 1 aliphatic heterocycles. The van der Waals surface area contributed by atoms with Gasteiger partial charge in [0.05, 0.1) is 12.1 Å². The maximum absolute atomic E-state index is 5.64. The molecule has 5 rings (SSSR count). The van der Waals surface area contributed by atoms with Crippen LogP contribution in [0.4, 0.5) is 11.6 Å². The summed E-state index contributed by atoms with van der Waals surface area (Å²) in [6.07, 6.45) is 6.68. The van der Waals surface area contributed by atoms with Gasteiger partial charge in [-0.2, -0.15) is 0 Å². The average molecular weight is 440 g/mol. The third-order valence-corrected chi connectivity index (χ3v) is 6.20. The van der Waals surface area contributed by atoms with Gasteiger partial charge in [0.2, 0.25) is 5.95 Å². The molecule has 0 saturated carbocycles. The Kier molecular flexibility index (Phi) is 6.03. The van der Waals surface area contributed by atoms with Gasteiger partial charge in [-0.1, -0.05) is 24.3 Å². The predicted molar refractivity (Wildman–Crippen MR) is 133 cm³/mol. The van der Waals surface area contributed by atoms with E-state index in [1.165, 1.54) is 16.7 Å². The van der Waals surface area contributed by atoms with Crippen LogP contribution in [0.3, 0.4) is 0 Å². The Morgan fingerprint density at radius 3 is 2.79 bits per heavy atom. The summed E-state index contributed by atoms with van der Waals surface area (Å²) in [7, 11) is 4.20. The van der Waals surface area contributed by atoms with Gasteiger partial charge in [-0.05, 0) is 62.3 Å². The Morgan fingerprint density at radius 1 is 1.09 bits per heavy atom. The zero-order valence-electron chi connectivity index (χ0n) is 19.4. The van der Waals surface area contributed by atoms with Gasteiger partial charge >= 0.3 is 0 Å². The summed E-state index contributed by atoms with van der Waals surface area (Å²) in [6, 6.07) is 14.8. The summed E-state index contributed by atoms with van der Waals surface area (Å²) in [4.78, 5) is 16.0. The number of ether oxygens (including phenoxy) is 1. The highest BCUT2D eigenvalue weighted by atomic mass is 16.5. The summed E-state index contributed by atoms with van der Waals surface area (Å²) >= 11 is 0. The molecule has 0 amide bonds. The number of anilines is 2. The molecule has 0 radical (unpaired) electrons. The molecule has 0 aliphatic carbocycles. The number of benzene rings is 2. The third-order valence-electron chi connectivity index (χ3n) is 6.20. The topological polar surface area (TPSA) is 63.2 Å². The molecule has 3 heterocycles. The first-order valence-electron chi connectivity index (χ1n) is 11.4. The molecule has 6 heteroatoms. The third kappa shape index (κ3) is 4.58. The lowest BCUT2D eigenvalue weighted by Crippen LogP contribution is -2.14. The molecule has 1 atom stereocenters. The van der Waals surface area contributed by atoms with Crippen LogP contribution in [-0.4, -0.2) is 47.2 Å². The number of hydrogen-bond acceptors (Lipinski definition) is 6. The molecule has 1 N–H and O–H groups in total. The SMILES string of the molecule is Cc1ccncc1-c1cccc2cnc(Nc3ccc(C4CCOC4)c(CN(C)C)c3)nc12. The van der Waals surface area contributed by atoms with E-state index in [-0.39, 0.29) is 0 Å². The molecular formula is C27H29N5O. The van der Waals surface area contributed by atoms with E-state index in [1.807, 2.05) is 36.8 Å². The van der Waals surface area contributed by atoms with Gasteiger partial charge in [0.1, 0.15) is 0 Å². The van der Waals surface area contributed by atoms with E-state index in [0.29, 0.717) is 11.9 Å². The molecule has 0 bridgehead atoms. The van der Waals surface area contributed by atoms with Crippen molar-refractivity contribution in [1.29, 1.82) is 0 Å².